The Labute approximate surface area is 172 Å². The number of para-hydroxylation sites is 2. The summed E-state index contributed by atoms with van der Waals surface area (Å²) in [4.78, 5) is 9.45. The maximum Gasteiger partial charge on any atom is 0.190 e. The van der Waals surface area contributed by atoms with Crippen LogP contribution in [0, 0.1) is 0 Å². The molecule has 1 aliphatic rings. The third-order valence-electron chi connectivity index (χ3n) is 4.79. The molecule has 1 N–H and O–H groups in total. The third kappa shape index (κ3) is 3.91. The van der Waals surface area contributed by atoms with Gasteiger partial charge in [-0.1, -0.05) is 41.2 Å². The van der Waals surface area contributed by atoms with Crippen LogP contribution in [-0.4, -0.2) is 28.3 Å². The summed E-state index contributed by atoms with van der Waals surface area (Å²) in [5.41, 5.74) is 2.61. The minimum Gasteiger partial charge on any atom is -0.496 e. The highest BCUT2D eigenvalue weighted by molar-refractivity contribution is 7.98. The number of hydrogen-bond donors (Lipinski definition) is 1. The molecular weight excluding hydrogens is 384 g/mol. The van der Waals surface area contributed by atoms with Crippen molar-refractivity contribution >= 4 is 28.5 Å². The van der Waals surface area contributed by atoms with Gasteiger partial charge >= 0.3 is 0 Å². The number of benzene rings is 2. The monoisotopic (exact) mass is 404 g/mol. The maximum absolute atomic E-state index is 5.54. The van der Waals surface area contributed by atoms with E-state index >= 15 is 0 Å². The second kappa shape index (κ2) is 7.75. The van der Waals surface area contributed by atoms with Crippen LogP contribution in [-0.2, 0) is 5.75 Å². The molecule has 1 fully saturated rings. The second-order valence-corrected chi connectivity index (χ2v) is 7.90. The normalized spacial score (nSPS) is 13.6. The van der Waals surface area contributed by atoms with E-state index in [0.717, 1.165) is 44.6 Å². The fourth-order valence-electron chi connectivity index (χ4n) is 3.15. The van der Waals surface area contributed by atoms with Crippen molar-refractivity contribution in [3.05, 3.63) is 60.4 Å². The highest BCUT2D eigenvalue weighted by Crippen LogP contribution is 2.32. The average molecular weight is 404 g/mol. The number of methoxy groups -OCH3 is 1. The molecular formula is C22H20N4O2S. The predicted octanol–water partition coefficient (Wildman–Crippen LogP) is 5.16. The van der Waals surface area contributed by atoms with Gasteiger partial charge in [0.15, 0.2) is 5.16 Å². The van der Waals surface area contributed by atoms with Crippen molar-refractivity contribution in [2.75, 3.05) is 12.4 Å². The van der Waals surface area contributed by atoms with E-state index in [1.54, 1.807) is 18.9 Å². The standard InChI is InChI=1S/C22H20N4O2S/c1-27-20-9-5-3-6-16(20)19-12-15(28-26-19)13-29-22-24-18-8-4-2-7-17(18)21(25-22)23-14-10-11-14/h2-9,12,14H,10-11,13H2,1H3,(H,23,24,25). The van der Waals surface area contributed by atoms with Gasteiger partial charge in [0.1, 0.15) is 23.0 Å². The van der Waals surface area contributed by atoms with Crippen molar-refractivity contribution in [2.24, 2.45) is 0 Å². The molecule has 0 unspecified atom stereocenters. The lowest BCUT2D eigenvalue weighted by Crippen LogP contribution is -2.05. The summed E-state index contributed by atoms with van der Waals surface area (Å²) in [6.07, 6.45) is 2.40. The van der Waals surface area contributed by atoms with Gasteiger partial charge in [-0.05, 0) is 37.1 Å². The van der Waals surface area contributed by atoms with Crippen LogP contribution in [0.5, 0.6) is 5.75 Å². The van der Waals surface area contributed by atoms with Crippen LogP contribution in [0.1, 0.15) is 18.6 Å². The van der Waals surface area contributed by atoms with Crippen molar-refractivity contribution < 1.29 is 9.26 Å². The number of anilines is 1. The lowest BCUT2D eigenvalue weighted by atomic mass is 10.1. The SMILES string of the molecule is COc1ccccc1-c1cc(CSc2nc(NC3CC3)c3ccccc3n2)on1. The molecule has 0 radical (unpaired) electrons. The van der Waals surface area contributed by atoms with Crippen LogP contribution in [0.15, 0.2) is 64.3 Å². The zero-order valence-corrected chi connectivity index (χ0v) is 16.8. The van der Waals surface area contributed by atoms with Crippen molar-refractivity contribution in [2.45, 2.75) is 29.8 Å². The predicted molar refractivity (Wildman–Crippen MR) is 114 cm³/mol. The summed E-state index contributed by atoms with van der Waals surface area (Å²) >= 11 is 1.54. The molecule has 4 aromatic rings. The Bertz CT molecular complexity index is 1160. The average Bonchev–Trinajstić information content (AvgIpc) is 3.45. The van der Waals surface area contributed by atoms with Gasteiger partial charge in [-0.15, -0.1) is 0 Å². The van der Waals surface area contributed by atoms with E-state index in [2.05, 4.69) is 16.5 Å². The quantitative estimate of drug-likeness (QED) is 0.337. The summed E-state index contributed by atoms with van der Waals surface area (Å²) in [5.74, 6) is 3.05. The number of ether oxygens (including phenoxy) is 1. The Kier molecular flexibility index (Phi) is 4.81. The van der Waals surface area contributed by atoms with Gasteiger partial charge in [0.05, 0.1) is 18.4 Å². The molecule has 1 saturated carbocycles. The van der Waals surface area contributed by atoms with Crippen LogP contribution in [0.2, 0.25) is 0 Å². The van der Waals surface area contributed by atoms with E-state index in [-0.39, 0.29) is 0 Å². The lowest BCUT2D eigenvalue weighted by molar-refractivity contribution is 0.395. The van der Waals surface area contributed by atoms with Gasteiger partial charge in [-0.25, -0.2) is 9.97 Å². The summed E-state index contributed by atoms with van der Waals surface area (Å²) in [6, 6.07) is 18.3. The van der Waals surface area contributed by atoms with E-state index in [4.69, 9.17) is 19.2 Å². The molecule has 7 heteroatoms. The molecule has 0 bridgehead atoms. The van der Waals surface area contributed by atoms with Crippen LogP contribution in [0.25, 0.3) is 22.2 Å². The largest absolute Gasteiger partial charge is 0.496 e. The molecule has 0 amide bonds. The molecule has 0 atom stereocenters. The first-order valence-corrected chi connectivity index (χ1v) is 10.5. The maximum atomic E-state index is 5.54. The van der Waals surface area contributed by atoms with Crippen molar-refractivity contribution in [3.8, 4) is 17.0 Å². The third-order valence-corrected chi connectivity index (χ3v) is 5.66. The summed E-state index contributed by atoms with van der Waals surface area (Å²) in [5, 5.41) is 9.50. The number of hydrogen-bond acceptors (Lipinski definition) is 7. The molecule has 6 nitrogen and oxygen atoms in total. The summed E-state index contributed by atoms with van der Waals surface area (Å²) in [7, 11) is 1.65. The van der Waals surface area contributed by atoms with E-state index in [1.807, 2.05) is 48.5 Å². The first-order chi connectivity index (χ1) is 14.3. The number of nitrogens with zero attached hydrogens (tertiary/aromatic N) is 3. The van der Waals surface area contributed by atoms with E-state index in [0.29, 0.717) is 11.8 Å². The molecule has 2 aromatic heterocycles. The first kappa shape index (κ1) is 18.0. The molecule has 0 saturated heterocycles. The summed E-state index contributed by atoms with van der Waals surface area (Å²) in [6.45, 7) is 0. The van der Waals surface area contributed by atoms with E-state index in [1.165, 1.54) is 12.8 Å². The molecule has 29 heavy (non-hydrogen) atoms. The lowest BCUT2D eigenvalue weighted by Gasteiger charge is -2.09. The van der Waals surface area contributed by atoms with Gasteiger partial charge in [0.25, 0.3) is 0 Å². The zero-order chi connectivity index (χ0) is 19.6. The van der Waals surface area contributed by atoms with E-state index in [9.17, 15) is 0 Å². The Morgan fingerprint density at radius 2 is 1.93 bits per heavy atom. The van der Waals surface area contributed by atoms with Crippen LogP contribution in [0.4, 0.5) is 5.82 Å². The van der Waals surface area contributed by atoms with Gasteiger partial charge in [0, 0.05) is 23.1 Å². The minimum absolute atomic E-state index is 0.531. The highest BCUT2D eigenvalue weighted by atomic mass is 32.2. The Morgan fingerprint density at radius 3 is 2.79 bits per heavy atom. The number of aromatic nitrogens is 3. The Balaban J connectivity index is 1.36. The fourth-order valence-corrected chi connectivity index (χ4v) is 3.88. The first-order valence-electron chi connectivity index (χ1n) is 9.55. The number of fused-ring (bicyclic) bond motifs is 1. The van der Waals surface area contributed by atoms with Crippen LogP contribution < -0.4 is 10.1 Å². The number of nitrogens with one attached hydrogen (secondary N) is 1. The number of thioether (sulfide) groups is 1. The summed E-state index contributed by atoms with van der Waals surface area (Å²) < 4.78 is 11.0. The van der Waals surface area contributed by atoms with E-state index < -0.39 is 0 Å². The number of rotatable bonds is 7. The van der Waals surface area contributed by atoms with Crippen LogP contribution in [0.3, 0.4) is 0 Å². The van der Waals surface area contributed by atoms with Crippen LogP contribution >= 0.6 is 11.8 Å². The molecule has 0 aliphatic heterocycles. The molecule has 0 spiro atoms. The van der Waals surface area contributed by atoms with Crippen molar-refractivity contribution in [1.29, 1.82) is 0 Å². The zero-order valence-electron chi connectivity index (χ0n) is 16.0. The van der Waals surface area contributed by atoms with Crippen molar-refractivity contribution in [1.82, 2.24) is 15.1 Å². The fraction of sp³-hybridized carbons (Fsp3) is 0.227. The smallest absolute Gasteiger partial charge is 0.190 e. The Morgan fingerprint density at radius 1 is 1.10 bits per heavy atom. The van der Waals surface area contributed by atoms with Gasteiger partial charge < -0.3 is 14.6 Å². The second-order valence-electron chi connectivity index (χ2n) is 6.96. The Hall–Kier alpha value is -3.06. The highest BCUT2D eigenvalue weighted by Gasteiger charge is 2.23. The van der Waals surface area contributed by atoms with Gasteiger partial charge in [0.2, 0.25) is 0 Å². The molecule has 146 valence electrons. The molecule has 2 aromatic carbocycles. The topological polar surface area (TPSA) is 73.1 Å². The van der Waals surface area contributed by atoms with Crippen molar-refractivity contribution in [3.63, 3.8) is 0 Å². The van der Waals surface area contributed by atoms with Gasteiger partial charge in [-0.2, -0.15) is 0 Å². The van der Waals surface area contributed by atoms with Gasteiger partial charge in [-0.3, -0.25) is 0 Å². The molecule has 2 heterocycles. The minimum atomic E-state index is 0.531. The molecule has 1 aliphatic carbocycles. The molecule has 5 rings (SSSR count).